The largest absolute Gasteiger partial charge is 0.497 e. The Morgan fingerprint density at radius 1 is 0.196 bits per heavy atom. The SMILES string of the molecule is COc1ccc(N(c2ccc(OC)cc2)c2ccc3c4ccc(N(c5ccc(OC)cc5)c5ccc(OC)cc5)cc4n(Cc4ccccc4Cn4c5cc(N(c6ccc(OC)cc6)c6ccc(OC)cc6)ccc5c5ccc(N(c6ccc(OC)cc6)c6ccc(OC)cc6)cc54)c3c2)cc1. The van der Waals surface area contributed by atoms with Crippen molar-refractivity contribution < 1.29 is 37.9 Å². The number of fused-ring (bicyclic) bond motifs is 6. The molecule has 0 N–H and O–H groups in total. The van der Waals surface area contributed by atoms with Crippen molar-refractivity contribution in [3.8, 4) is 46.0 Å². The van der Waals surface area contributed by atoms with Crippen LogP contribution in [0.1, 0.15) is 11.1 Å². The molecular weight excluding hydrogens is 1270 g/mol. The average molecular weight is 1350 g/mol. The molecule has 0 atom stereocenters. The van der Waals surface area contributed by atoms with Crippen molar-refractivity contribution in [1.29, 1.82) is 0 Å². The molecule has 2 heterocycles. The van der Waals surface area contributed by atoms with Gasteiger partial charge >= 0.3 is 0 Å². The maximum absolute atomic E-state index is 5.69. The zero-order chi connectivity index (χ0) is 69.8. The number of rotatable bonds is 24. The van der Waals surface area contributed by atoms with E-state index in [0.717, 1.165) is 169 Å². The van der Waals surface area contributed by atoms with E-state index in [0.29, 0.717) is 13.1 Å². The van der Waals surface area contributed by atoms with E-state index in [2.05, 4.69) is 223 Å². The summed E-state index contributed by atoms with van der Waals surface area (Å²) >= 11 is 0. The highest BCUT2D eigenvalue weighted by Crippen LogP contribution is 2.47. The number of nitrogens with zero attached hydrogens (tertiary/aromatic N) is 6. The van der Waals surface area contributed by atoms with Gasteiger partial charge in [-0.25, -0.2) is 0 Å². The smallest absolute Gasteiger partial charge is 0.119 e. The van der Waals surface area contributed by atoms with Gasteiger partial charge in [0.2, 0.25) is 0 Å². The molecule has 15 aromatic rings. The summed E-state index contributed by atoms with van der Waals surface area (Å²) in [7, 11) is 13.6. The maximum atomic E-state index is 5.69. The Balaban J connectivity index is 0.942. The lowest BCUT2D eigenvalue weighted by atomic mass is 10.1. The minimum absolute atomic E-state index is 0.512. The van der Waals surface area contributed by atoms with Crippen LogP contribution in [0.2, 0.25) is 0 Å². The van der Waals surface area contributed by atoms with E-state index in [9.17, 15) is 0 Å². The van der Waals surface area contributed by atoms with Crippen LogP contribution in [-0.2, 0) is 13.1 Å². The molecular formula is C88H76N6O8. The van der Waals surface area contributed by atoms with Gasteiger partial charge < -0.3 is 66.6 Å². The fourth-order valence-corrected chi connectivity index (χ4v) is 13.9. The summed E-state index contributed by atoms with van der Waals surface area (Å²) in [5.74, 6) is 6.16. The third-order valence-corrected chi connectivity index (χ3v) is 19.1. The standard InChI is InChI=1S/C88H76N6O8/c1-95-73-33-13-61(14-34-73)91(62-15-35-74(96-2)36-16-62)69-29-49-81-82-50-30-70(92(63-17-37-75(97-3)38-18-63)64-19-39-76(98-4)40-20-64)54-86(82)89(85(81)53-69)57-59-11-9-10-12-60(59)58-90-87-55-71(93(65-21-41-77(99-5)42-22-65)66-23-43-78(100-6)44-24-66)31-51-83(87)84-52-32-72(56-88(84)90)94(67-25-45-79(101-7)46-26-67)68-27-47-80(102-8)48-28-68/h9-56H,57-58H2,1-8H3. The quantitative estimate of drug-likeness (QED) is 0.0576. The van der Waals surface area contributed by atoms with E-state index in [1.807, 2.05) is 97.1 Å². The Bertz CT molecular complexity index is 4590. The lowest BCUT2D eigenvalue weighted by molar-refractivity contribution is 0.414. The molecule has 0 unspecified atom stereocenters. The van der Waals surface area contributed by atoms with Crippen molar-refractivity contribution in [3.05, 3.63) is 302 Å². The van der Waals surface area contributed by atoms with Crippen LogP contribution in [0.15, 0.2) is 291 Å². The summed E-state index contributed by atoms with van der Waals surface area (Å²) in [4.78, 5) is 9.14. The van der Waals surface area contributed by atoms with E-state index in [-0.39, 0.29) is 0 Å². The number of anilines is 12. The van der Waals surface area contributed by atoms with Crippen LogP contribution in [0.25, 0.3) is 43.6 Å². The van der Waals surface area contributed by atoms with E-state index < -0.39 is 0 Å². The zero-order valence-electron chi connectivity index (χ0n) is 58.1. The molecule has 0 aliphatic heterocycles. The monoisotopic (exact) mass is 1340 g/mol. The van der Waals surface area contributed by atoms with Crippen LogP contribution >= 0.6 is 0 Å². The Hall–Kier alpha value is -12.9. The van der Waals surface area contributed by atoms with Crippen LogP contribution in [0.5, 0.6) is 46.0 Å². The van der Waals surface area contributed by atoms with Crippen molar-refractivity contribution in [1.82, 2.24) is 9.13 Å². The Morgan fingerprint density at radius 3 is 0.510 bits per heavy atom. The molecule has 15 rings (SSSR count). The predicted octanol–water partition coefficient (Wildman–Crippen LogP) is 21.9. The first kappa shape index (κ1) is 65.0. The summed E-state index contributed by atoms with van der Waals surface area (Å²) in [5, 5.41) is 4.45. The summed E-state index contributed by atoms with van der Waals surface area (Å²) in [5.41, 5.74) is 18.2. The predicted molar refractivity (Wildman–Crippen MR) is 415 cm³/mol. The van der Waals surface area contributed by atoms with Crippen LogP contribution in [0.4, 0.5) is 68.2 Å². The Kier molecular flexibility index (Phi) is 18.2. The topological polar surface area (TPSA) is 96.7 Å². The molecule has 0 aliphatic carbocycles. The molecule has 0 amide bonds. The fourth-order valence-electron chi connectivity index (χ4n) is 13.9. The van der Waals surface area contributed by atoms with Gasteiger partial charge in [0.15, 0.2) is 0 Å². The third kappa shape index (κ3) is 12.6. The first-order valence-electron chi connectivity index (χ1n) is 33.7. The second-order valence-electron chi connectivity index (χ2n) is 24.7. The van der Waals surface area contributed by atoms with E-state index in [4.69, 9.17) is 37.9 Å². The number of hydrogen-bond acceptors (Lipinski definition) is 12. The second-order valence-corrected chi connectivity index (χ2v) is 24.7. The van der Waals surface area contributed by atoms with Crippen molar-refractivity contribution in [2.45, 2.75) is 13.1 Å². The molecule has 506 valence electrons. The highest BCUT2D eigenvalue weighted by atomic mass is 16.5. The molecule has 14 heteroatoms. The van der Waals surface area contributed by atoms with E-state index >= 15 is 0 Å². The van der Waals surface area contributed by atoms with E-state index in [1.54, 1.807) is 56.9 Å². The average Bonchev–Trinajstić information content (AvgIpc) is 1.59. The van der Waals surface area contributed by atoms with Crippen LogP contribution < -0.4 is 57.5 Å². The first-order chi connectivity index (χ1) is 50.1. The molecule has 14 nitrogen and oxygen atoms in total. The van der Waals surface area contributed by atoms with Gasteiger partial charge in [0.25, 0.3) is 0 Å². The lowest BCUT2D eigenvalue weighted by Gasteiger charge is -2.26. The molecule has 0 spiro atoms. The van der Waals surface area contributed by atoms with Gasteiger partial charge in [-0.2, -0.15) is 0 Å². The Morgan fingerprint density at radius 2 is 0.353 bits per heavy atom. The van der Waals surface area contributed by atoms with Crippen molar-refractivity contribution in [3.63, 3.8) is 0 Å². The maximum Gasteiger partial charge on any atom is 0.119 e. The van der Waals surface area contributed by atoms with E-state index in [1.165, 1.54) is 0 Å². The highest BCUT2D eigenvalue weighted by Gasteiger charge is 2.25. The number of hydrogen-bond donors (Lipinski definition) is 0. The van der Waals surface area contributed by atoms with Gasteiger partial charge in [-0.1, -0.05) is 48.5 Å². The summed E-state index contributed by atoms with van der Waals surface area (Å²) in [6, 6.07) is 102. The summed E-state index contributed by atoms with van der Waals surface area (Å²) in [6.45, 7) is 1.02. The van der Waals surface area contributed by atoms with Crippen molar-refractivity contribution in [2.24, 2.45) is 0 Å². The first-order valence-corrected chi connectivity index (χ1v) is 33.7. The van der Waals surface area contributed by atoms with Gasteiger partial charge in [-0.05, 0) is 254 Å². The van der Waals surface area contributed by atoms with Gasteiger partial charge in [0, 0.05) is 103 Å². The molecule has 0 saturated carbocycles. The highest BCUT2D eigenvalue weighted by molar-refractivity contribution is 6.12. The normalized spacial score (nSPS) is 11.2. The Labute approximate surface area is 593 Å². The van der Waals surface area contributed by atoms with Crippen LogP contribution in [0, 0.1) is 0 Å². The van der Waals surface area contributed by atoms with Gasteiger partial charge in [0.05, 0.1) is 78.9 Å². The molecule has 13 aromatic carbocycles. The van der Waals surface area contributed by atoms with Crippen molar-refractivity contribution in [2.75, 3.05) is 76.5 Å². The molecule has 2 aromatic heterocycles. The van der Waals surface area contributed by atoms with Crippen LogP contribution in [-0.4, -0.2) is 66.0 Å². The van der Waals surface area contributed by atoms with Gasteiger partial charge in [-0.15, -0.1) is 0 Å². The second kappa shape index (κ2) is 28.5. The summed E-state index contributed by atoms with van der Waals surface area (Å²) in [6.07, 6.45) is 0. The van der Waals surface area contributed by atoms with Gasteiger partial charge in [-0.3, -0.25) is 0 Å². The van der Waals surface area contributed by atoms with Gasteiger partial charge in [0.1, 0.15) is 46.0 Å². The van der Waals surface area contributed by atoms with Crippen LogP contribution in [0.3, 0.4) is 0 Å². The summed E-state index contributed by atoms with van der Waals surface area (Å²) < 4.78 is 50.5. The third-order valence-electron chi connectivity index (χ3n) is 19.1. The molecule has 102 heavy (non-hydrogen) atoms. The number of aromatic nitrogens is 2. The van der Waals surface area contributed by atoms with Crippen molar-refractivity contribution >= 4 is 112 Å². The minimum Gasteiger partial charge on any atom is -0.497 e. The molecule has 0 fully saturated rings. The lowest BCUT2D eigenvalue weighted by Crippen LogP contribution is -2.12. The zero-order valence-corrected chi connectivity index (χ0v) is 58.1. The molecule has 0 saturated heterocycles. The minimum atomic E-state index is 0.512. The molecule has 0 aliphatic rings. The number of methoxy groups -OCH3 is 8. The number of benzene rings is 13. The number of ether oxygens (including phenoxy) is 8. The molecule has 0 radical (unpaired) electrons. The fraction of sp³-hybridized carbons (Fsp3) is 0.114. The molecule has 0 bridgehead atoms.